The summed E-state index contributed by atoms with van der Waals surface area (Å²) in [5.74, 6) is -0.109. The Hall–Kier alpha value is -0.830. The Labute approximate surface area is 105 Å². The summed E-state index contributed by atoms with van der Waals surface area (Å²) in [6, 6.07) is 0. The third-order valence-electron chi connectivity index (χ3n) is 2.46. The molecule has 0 heterocycles. The zero-order chi connectivity index (χ0) is 12.8. The van der Waals surface area contributed by atoms with Gasteiger partial charge in [-0.2, -0.15) is 0 Å². The summed E-state index contributed by atoms with van der Waals surface area (Å²) in [4.78, 5) is 11.3. The number of unbranched alkanes of at least 4 members (excludes halogenated alkanes) is 5. The molecule has 0 aromatic heterocycles. The average molecular weight is 242 g/mol. The van der Waals surface area contributed by atoms with E-state index in [1.54, 1.807) is 6.08 Å². The van der Waals surface area contributed by atoms with E-state index in [4.69, 9.17) is 9.47 Å². The highest BCUT2D eigenvalue weighted by atomic mass is 16.6. The Morgan fingerprint density at radius 2 is 1.82 bits per heavy atom. The molecular formula is C14H26O3. The molecule has 0 saturated carbocycles. The molecule has 0 rings (SSSR count). The van der Waals surface area contributed by atoms with Crippen molar-refractivity contribution >= 4 is 5.97 Å². The fourth-order valence-corrected chi connectivity index (χ4v) is 1.50. The quantitative estimate of drug-likeness (QED) is 0.298. The van der Waals surface area contributed by atoms with Crippen LogP contribution in [0.3, 0.4) is 0 Å². The first-order chi connectivity index (χ1) is 8.31. The monoisotopic (exact) mass is 242 g/mol. The molecule has 3 nitrogen and oxygen atoms in total. The standard InChI is InChI=1S/C14H26O3/c1-3-5-6-7-8-9-10-14(15)17-13-12-16-11-4-2/h4H,2-3,5-13H2,1H3. The second kappa shape index (κ2) is 13.2. The highest BCUT2D eigenvalue weighted by Gasteiger charge is 2.01. The van der Waals surface area contributed by atoms with Crippen LogP contribution in [0.1, 0.15) is 51.9 Å². The van der Waals surface area contributed by atoms with Crippen LogP contribution in [0.2, 0.25) is 0 Å². The highest BCUT2D eigenvalue weighted by Crippen LogP contribution is 2.07. The summed E-state index contributed by atoms with van der Waals surface area (Å²) in [6.45, 7) is 7.04. The van der Waals surface area contributed by atoms with Gasteiger partial charge >= 0.3 is 5.97 Å². The molecular weight excluding hydrogens is 216 g/mol. The first-order valence-corrected chi connectivity index (χ1v) is 6.65. The van der Waals surface area contributed by atoms with E-state index < -0.39 is 0 Å². The molecule has 0 aliphatic rings. The first kappa shape index (κ1) is 16.2. The summed E-state index contributed by atoms with van der Waals surface area (Å²) in [5.41, 5.74) is 0. The summed E-state index contributed by atoms with van der Waals surface area (Å²) in [5, 5.41) is 0. The zero-order valence-electron chi connectivity index (χ0n) is 11.1. The number of carbonyl (C=O) groups is 1. The molecule has 100 valence electrons. The van der Waals surface area contributed by atoms with Gasteiger partial charge in [0.15, 0.2) is 0 Å². The summed E-state index contributed by atoms with van der Waals surface area (Å²) >= 11 is 0. The second-order valence-corrected chi connectivity index (χ2v) is 4.10. The summed E-state index contributed by atoms with van der Waals surface area (Å²) < 4.78 is 10.1. The van der Waals surface area contributed by atoms with Crippen LogP contribution in [0.15, 0.2) is 12.7 Å². The van der Waals surface area contributed by atoms with Gasteiger partial charge in [-0.3, -0.25) is 4.79 Å². The number of carbonyl (C=O) groups excluding carboxylic acids is 1. The van der Waals surface area contributed by atoms with Gasteiger partial charge in [0, 0.05) is 6.42 Å². The molecule has 0 aliphatic carbocycles. The maximum Gasteiger partial charge on any atom is 0.305 e. The van der Waals surface area contributed by atoms with Crippen LogP contribution in [0.25, 0.3) is 0 Å². The van der Waals surface area contributed by atoms with Gasteiger partial charge in [0.1, 0.15) is 6.61 Å². The van der Waals surface area contributed by atoms with Crippen LogP contribution in [-0.2, 0) is 14.3 Å². The Morgan fingerprint density at radius 1 is 1.12 bits per heavy atom. The molecule has 0 unspecified atom stereocenters. The lowest BCUT2D eigenvalue weighted by Crippen LogP contribution is -2.10. The smallest absolute Gasteiger partial charge is 0.305 e. The Kier molecular flexibility index (Phi) is 12.6. The van der Waals surface area contributed by atoms with Gasteiger partial charge in [-0.05, 0) is 6.42 Å². The average Bonchev–Trinajstić information content (AvgIpc) is 2.33. The van der Waals surface area contributed by atoms with Crippen molar-refractivity contribution in [3.05, 3.63) is 12.7 Å². The molecule has 0 aliphatic heterocycles. The maximum atomic E-state index is 11.3. The van der Waals surface area contributed by atoms with Crippen LogP contribution in [0, 0.1) is 0 Å². The fourth-order valence-electron chi connectivity index (χ4n) is 1.50. The van der Waals surface area contributed by atoms with Crippen molar-refractivity contribution in [2.75, 3.05) is 19.8 Å². The van der Waals surface area contributed by atoms with Crippen LogP contribution >= 0.6 is 0 Å². The topological polar surface area (TPSA) is 35.5 Å². The third-order valence-corrected chi connectivity index (χ3v) is 2.46. The van der Waals surface area contributed by atoms with Crippen LogP contribution in [0.4, 0.5) is 0 Å². The van der Waals surface area contributed by atoms with Gasteiger partial charge in [-0.1, -0.05) is 45.1 Å². The lowest BCUT2D eigenvalue weighted by Gasteiger charge is -2.04. The van der Waals surface area contributed by atoms with Crippen molar-refractivity contribution in [3.63, 3.8) is 0 Å². The molecule has 0 radical (unpaired) electrons. The van der Waals surface area contributed by atoms with E-state index in [0.29, 0.717) is 26.2 Å². The van der Waals surface area contributed by atoms with Crippen molar-refractivity contribution in [3.8, 4) is 0 Å². The van der Waals surface area contributed by atoms with Crippen LogP contribution in [0.5, 0.6) is 0 Å². The van der Waals surface area contributed by atoms with Crippen molar-refractivity contribution in [2.24, 2.45) is 0 Å². The van der Waals surface area contributed by atoms with E-state index in [-0.39, 0.29) is 5.97 Å². The number of rotatable bonds is 12. The zero-order valence-corrected chi connectivity index (χ0v) is 11.1. The second-order valence-electron chi connectivity index (χ2n) is 4.10. The normalized spacial score (nSPS) is 10.2. The van der Waals surface area contributed by atoms with E-state index in [1.165, 1.54) is 25.7 Å². The fraction of sp³-hybridized carbons (Fsp3) is 0.786. The van der Waals surface area contributed by atoms with Gasteiger partial charge in [-0.25, -0.2) is 0 Å². The van der Waals surface area contributed by atoms with Crippen LogP contribution in [-0.4, -0.2) is 25.8 Å². The molecule has 0 fully saturated rings. The predicted octanol–water partition coefficient (Wildman–Crippen LogP) is 3.48. The molecule has 17 heavy (non-hydrogen) atoms. The molecule has 0 aromatic carbocycles. The molecule has 0 aromatic rings. The number of esters is 1. The SMILES string of the molecule is C=CCOCCOC(=O)CCCCCCCC. The molecule has 3 heteroatoms. The van der Waals surface area contributed by atoms with Gasteiger partial charge in [-0.15, -0.1) is 6.58 Å². The molecule has 0 spiro atoms. The Bertz CT molecular complexity index is 190. The van der Waals surface area contributed by atoms with E-state index in [9.17, 15) is 4.79 Å². The minimum absolute atomic E-state index is 0.109. The molecule has 0 N–H and O–H groups in total. The van der Waals surface area contributed by atoms with Gasteiger partial charge < -0.3 is 9.47 Å². The van der Waals surface area contributed by atoms with Gasteiger partial charge in [0.05, 0.1) is 13.2 Å². The Morgan fingerprint density at radius 3 is 2.53 bits per heavy atom. The number of ether oxygens (including phenoxy) is 2. The maximum absolute atomic E-state index is 11.3. The predicted molar refractivity (Wildman–Crippen MR) is 70.0 cm³/mol. The molecule has 0 saturated heterocycles. The van der Waals surface area contributed by atoms with Crippen molar-refractivity contribution in [2.45, 2.75) is 51.9 Å². The van der Waals surface area contributed by atoms with Crippen molar-refractivity contribution in [1.82, 2.24) is 0 Å². The highest BCUT2D eigenvalue weighted by molar-refractivity contribution is 5.69. The van der Waals surface area contributed by atoms with E-state index in [2.05, 4.69) is 13.5 Å². The van der Waals surface area contributed by atoms with Crippen molar-refractivity contribution < 1.29 is 14.3 Å². The summed E-state index contributed by atoms with van der Waals surface area (Å²) in [7, 11) is 0. The van der Waals surface area contributed by atoms with Gasteiger partial charge in [0.2, 0.25) is 0 Å². The van der Waals surface area contributed by atoms with E-state index in [0.717, 1.165) is 12.8 Å². The lowest BCUT2D eigenvalue weighted by atomic mass is 10.1. The molecule has 0 bridgehead atoms. The number of hydrogen-bond acceptors (Lipinski definition) is 3. The lowest BCUT2D eigenvalue weighted by molar-refractivity contribution is -0.145. The largest absolute Gasteiger partial charge is 0.463 e. The minimum atomic E-state index is -0.109. The first-order valence-electron chi connectivity index (χ1n) is 6.65. The van der Waals surface area contributed by atoms with Crippen LogP contribution < -0.4 is 0 Å². The Balaban J connectivity index is 3.14. The number of hydrogen-bond donors (Lipinski definition) is 0. The van der Waals surface area contributed by atoms with Crippen molar-refractivity contribution in [1.29, 1.82) is 0 Å². The van der Waals surface area contributed by atoms with E-state index >= 15 is 0 Å². The molecule has 0 atom stereocenters. The third kappa shape index (κ3) is 13.1. The summed E-state index contributed by atoms with van der Waals surface area (Å²) in [6.07, 6.45) is 9.34. The van der Waals surface area contributed by atoms with E-state index in [1.807, 2.05) is 0 Å². The minimum Gasteiger partial charge on any atom is -0.463 e. The molecule has 0 amide bonds. The van der Waals surface area contributed by atoms with Gasteiger partial charge in [0.25, 0.3) is 0 Å².